The highest BCUT2D eigenvalue weighted by Gasteiger charge is 2.31. The minimum atomic E-state index is 0.183. The van der Waals surface area contributed by atoms with Crippen LogP contribution < -0.4 is 5.73 Å². The lowest BCUT2D eigenvalue weighted by Gasteiger charge is -2.41. The fourth-order valence-corrected chi connectivity index (χ4v) is 3.60. The van der Waals surface area contributed by atoms with E-state index < -0.39 is 0 Å². The number of benzene rings is 1. The molecule has 3 rings (SSSR count). The van der Waals surface area contributed by atoms with Crippen LogP contribution in [0.1, 0.15) is 30.1 Å². The fourth-order valence-electron chi connectivity index (χ4n) is 3.60. The van der Waals surface area contributed by atoms with Gasteiger partial charge in [0.25, 0.3) is 0 Å². The summed E-state index contributed by atoms with van der Waals surface area (Å²) in [5, 5.41) is 0. The number of piperidine rings is 1. The minimum Gasteiger partial charge on any atom is -0.381 e. The maximum Gasteiger partial charge on any atom is 0.0954 e. The average molecular weight is 290 g/mol. The van der Waals surface area contributed by atoms with Crippen molar-refractivity contribution < 1.29 is 9.47 Å². The van der Waals surface area contributed by atoms with Gasteiger partial charge < -0.3 is 15.2 Å². The van der Waals surface area contributed by atoms with Crippen LogP contribution in [0, 0.1) is 0 Å². The first-order chi connectivity index (χ1) is 10.3. The van der Waals surface area contributed by atoms with Crippen molar-refractivity contribution >= 4 is 0 Å². The molecule has 3 atom stereocenters. The minimum absolute atomic E-state index is 0.183. The molecule has 0 aliphatic carbocycles. The first-order valence-corrected chi connectivity index (χ1v) is 7.98. The van der Waals surface area contributed by atoms with Crippen molar-refractivity contribution in [2.45, 2.75) is 37.5 Å². The number of nitrogens with two attached hydrogens (primary N) is 1. The zero-order chi connectivity index (χ0) is 14.7. The van der Waals surface area contributed by atoms with E-state index in [9.17, 15) is 0 Å². The molecule has 1 aromatic carbocycles. The Kier molecular flexibility index (Phi) is 4.91. The Hall–Kier alpha value is -0.940. The number of rotatable bonds is 4. The number of ether oxygens (including phenoxy) is 2. The predicted octanol–water partition coefficient (Wildman–Crippen LogP) is 1.74. The molecule has 0 aromatic heterocycles. The summed E-state index contributed by atoms with van der Waals surface area (Å²) < 4.78 is 11.5. The maximum atomic E-state index is 6.04. The van der Waals surface area contributed by atoms with E-state index in [2.05, 4.69) is 29.2 Å². The first kappa shape index (κ1) is 15.0. The fraction of sp³-hybridized carbons (Fsp3) is 0.647. The van der Waals surface area contributed by atoms with Crippen LogP contribution in [0.15, 0.2) is 24.3 Å². The molecule has 0 saturated carbocycles. The van der Waals surface area contributed by atoms with Crippen molar-refractivity contribution in [3.05, 3.63) is 35.4 Å². The lowest BCUT2D eigenvalue weighted by Crippen LogP contribution is -2.50. The second kappa shape index (κ2) is 6.88. The summed E-state index contributed by atoms with van der Waals surface area (Å²) in [5.41, 5.74) is 8.76. The quantitative estimate of drug-likeness (QED) is 0.917. The summed E-state index contributed by atoms with van der Waals surface area (Å²) >= 11 is 0. The van der Waals surface area contributed by atoms with Gasteiger partial charge in [-0.25, -0.2) is 0 Å². The monoisotopic (exact) mass is 290 g/mol. The zero-order valence-electron chi connectivity index (χ0n) is 12.8. The van der Waals surface area contributed by atoms with Gasteiger partial charge in [0, 0.05) is 32.8 Å². The van der Waals surface area contributed by atoms with Crippen molar-refractivity contribution in [1.82, 2.24) is 4.90 Å². The van der Waals surface area contributed by atoms with Gasteiger partial charge >= 0.3 is 0 Å². The van der Waals surface area contributed by atoms with Gasteiger partial charge in [-0.15, -0.1) is 0 Å². The molecule has 4 heteroatoms. The van der Waals surface area contributed by atoms with E-state index in [1.54, 1.807) is 7.11 Å². The molecule has 2 N–H and O–H groups in total. The molecule has 0 bridgehead atoms. The lowest BCUT2D eigenvalue weighted by molar-refractivity contribution is -0.0288. The molecule has 2 aliphatic rings. The largest absolute Gasteiger partial charge is 0.381 e. The summed E-state index contributed by atoms with van der Waals surface area (Å²) in [5.74, 6) is 0. The van der Waals surface area contributed by atoms with Crippen LogP contribution in [0.3, 0.4) is 0 Å². The molecule has 2 heterocycles. The van der Waals surface area contributed by atoms with Crippen molar-refractivity contribution in [3.63, 3.8) is 0 Å². The van der Waals surface area contributed by atoms with Gasteiger partial charge in [0.2, 0.25) is 0 Å². The molecule has 0 amide bonds. The topological polar surface area (TPSA) is 47.7 Å². The molecule has 0 radical (unpaired) electrons. The average Bonchev–Trinajstić information content (AvgIpc) is 2.55. The van der Waals surface area contributed by atoms with Gasteiger partial charge in [0.05, 0.1) is 18.8 Å². The first-order valence-electron chi connectivity index (χ1n) is 7.98. The van der Waals surface area contributed by atoms with E-state index in [1.165, 1.54) is 11.1 Å². The van der Waals surface area contributed by atoms with E-state index in [-0.39, 0.29) is 6.10 Å². The Morgan fingerprint density at radius 2 is 2.24 bits per heavy atom. The van der Waals surface area contributed by atoms with Gasteiger partial charge in [-0.3, -0.25) is 4.90 Å². The van der Waals surface area contributed by atoms with Gasteiger partial charge in [-0.05, 0) is 30.4 Å². The van der Waals surface area contributed by atoms with Crippen molar-refractivity contribution in [2.24, 2.45) is 5.73 Å². The third-order valence-corrected chi connectivity index (χ3v) is 4.89. The third kappa shape index (κ3) is 3.29. The van der Waals surface area contributed by atoms with Crippen LogP contribution in [0.2, 0.25) is 0 Å². The van der Waals surface area contributed by atoms with Gasteiger partial charge in [0.1, 0.15) is 0 Å². The van der Waals surface area contributed by atoms with Crippen LogP contribution in [0.25, 0.3) is 0 Å². The molecule has 1 aromatic rings. The van der Waals surface area contributed by atoms with E-state index in [0.29, 0.717) is 18.7 Å². The normalized spacial score (nSPS) is 30.1. The molecule has 2 aliphatic heterocycles. The van der Waals surface area contributed by atoms with Crippen LogP contribution in [0.5, 0.6) is 0 Å². The smallest absolute Gasteiger partial charge is 0.0954 e. The van der Waals surface area contributed by atoms with E-state index in [0.717, 1.165) is 39.0 Å². The number of nitrogens with zero attached hydrogens (tertiary/aromatic N) is 1. The zero-order valence-corrected chi connectivity index (χ0v) is 12.8. The summed E-state index contributed by atoms with van der Waals surface area (Å²) in [6.07, 6.45) is 3.68. The molecule has 1 fully saturated rings. The molecule has 4 nitrogen and oxygen atoms in total. The standard InChI is InChI=1S/C17H26N2O2/c1-20-15-6-8-19(14(10-15)11-18)12-17-16-5-3-2-4-13(16)7-9-21-17/h2-5,14-15,17H,6-12,18H2,1H3. The van der Waals surface area contributed by atoms with Crippen LogP contribution >= 0.6 is 0 Å². The summed E-state index contributed by atoms with van der Waals surface area (Å²) in [6.45, 7) is 3.50. The Morgan fingerprint density at radius 3 is 3.05 bits per heavy atom. The van der Waals surface area contributed by atoms with Crippen molar-refractivity contribution in [2.75, 3.05) is 33.4 Å². The number of fused-ring (bicyclic) bond motifs is 1. The van der Waals surface area contributed by atoms with Crippen molar-refractivity contribution in [1.29, 1.82) is 0 Å². The SMILES string of the molecule is COC1CCN(CC2OCCc3ccccc32)C(CN)C1. The maximum absolute atomic E-state index is 6.04. The second-order valence-corrected chi connectivity index (χ2v) is 6.07. The molecule has 1 saturated heterocycles. The van der Waals surface area contributed by atoms with E-state index in [1.807, 2.05) is 0 Å². The number of hydrogen-bond donors (Lipinski definition) is 1. The highest BCUT2D eigenvalue weighted by molar-refractivity contribution is 5.31. The second-order valence-electron chi connectivity index (χ2n) is 6.07. The Bertz CT molecular complexity index is 466. The Labute approximate surface area is 127 Å². The Balaban J connectivity index is 1.69. The predicted molar refractivity (Wildman–Crippen MR) is 83.3 cm³/mol. The van der Waals surface area contributed by atoms with Gasteiger partial charge in [0.15, 0.2) is 0 Å². The Morgan fingerprint density at radius 1 is 1.38 bits per heavy atom. The van der Waals surface area contributed by atoms with Gasteiger partial charge in [-0.2, -0.15) is 0 Å². The van der Waals surface area contributed by atoms with Gasteiger partial charge in [-0.1, -0.05) is 24.3 Å². The highest BCUT2D eigenvalue weighted by Crippen LogP contribution is 2.30. The third-order valence-electron chi connectivity index (χ3n) is 4.89. The van der Waals surface area contributed by atoms with Crippen LogP contribution in [-0.4, -0.2) is 50.4 Å². The molecular formula is C17H26N2O2. The van der Waals surface area contributed by atoms with Crippen molar-refractivity contribution in [3.8, 4) is 0 Å². The summed E-state index contributed by atoms with van der Waals surface area (Å²) in [4.78, 5) is 2.49. The number of methoxy groups -OCH3 is 1. The molecule has 116 valence electrons. The lowest BCUT2D eigenvalue weighted by atomic mass is 9.94. The number of hydrogen-bond acceptors (Lipinski definition) is 4. The summed E-state index contributed by atoms with van der Waals surface area (Å²) in [7, 11) is 1.80. The number of likely N-dealkylation sites (tertiary alicyclic amines) is 1. The molecular weight excluding hydrogens is 264 g/mol. The highest BCUT2D eigenvalue weighted by atomic mass is 16.5. The van der Waals surface area contributed by atoms with E-state index >= 15 is 0 Å². The van der Waals surface area contributed by atoms with Crippen LogP contribution in [0.4, 0.5) is 0 Å². The molecule has 3 unspecified atom stereocenters. The molecule has 21 heavy (non-hydrogen) atoms. The molecule has 0 spiro atoms. The van der Waals surface area contributed by atoms with E-state index in [4.69, 9.17) is 15.2 Å². The summed E-state index contributed by atoms with van der Waals surface area (Å²) in [6, 6.07) is 9.06. The van der Waals surface area contributed by atoms with Crippen LogP contribution in [-0.2, 0) is 15.9 Å².